The lowest BCUT2D eigenvalue weighted by Gasteiger charge is -1.96. The summed E-state index contributed by atoms with van der Waals surface area (Å²) in [6, 6.07) is 3.25. The summed E-state index contributed by atoms with van der Waals surface area (Å²) in [6.45, 7) is 0. The summed E-state index contributed by atoms with van der Waals surface area (Å²) in [6.07, 6.45) is 2.72. The lowest BCUT2D eigenvalue weighted by Crippen LogP contribution is -1.81. The van der Waals surface area contributed by atoms with Crippen molar-refractivity contribution in [3.63, 3.8) is 0 Å². The van der Waals surface area contributed by atoms with E-state index in [1.807, 2.05) is 0 Å². The van der Waals surface area contributed by atoms with Gasteiger partial charge in [-0.05, 0) is 17.7 Å². The van der Waals surface area contributed by atoms with E-state index < -0.39 is 11.6 Å². The van der Waals surface area contributed by atoms with Crippen molar-refractivity contribution in [3.8, 4) is 11.1 Å². The number of rotatable bonds is 1. The van der Waals surface area contributed by atoms with Crippen molar-refractivity contribution in [2.45, 2.75) is 0 Å². The third kappa shape index (κ3) is 1.56. The van der Waals surface area contributed by atoms with Crippen molar-refractivity contribution in [3.05, 3.63) is 42.3 Å². The smallest absolute Gasteiger partial charge is 0.131 e. The van der Waals surface area contributed by atoms with Crippen LogP contribution in [0.5, 0.6) is 0 Å². The molecular formula is C9H5F2NO. The van der Waals surface area contributed by atoms with Crippen LogP contribution < -0.4 is 0 Å². The van der Waals surface area contributed by atoms with E-state index in [-0.39, 0.29) is 0 Å². The van der Waals surface area contributed by atoms with E-state index in [0.717, 1.165) is 6.07 Å². The molecule has 0 aliphatic heterocycles. The molecule has 66 valence electrons. The molecule has 0 unspecified atom stereocenters. The van der Waals surface area contributed by atoms with Crippen LogP contribution in [-0.2, 0) is 0 Å². The Balaban J connectivity index is 2.53. The fraction of sp³-hybridized carbons (Fsp3) is 0. The highest BCUT2D eigenvalue weighted by atomic mass is 19.1. The van der Waals surface area contributed by atoms with Gasteiger partial charge in [0.1, 0.15) is 17.9 Å². The summed E-state index contributed by atoms with van der Waals surface area (Å²) in [4.78, 5) is 0. The zero-order chi connectivity index (χ0) is 9.26. The highest BCUT2D eigenvalue weighted by molar-refractivity contribution is 5.60. The van der Waals surface area contributed by atoms with Gasteiger partial charge in [0.2, 0.25) is 0 Å². The van der Waals surface area contributed by atoms with E-state index in [0.29, 0.717) is 11.1 Å². The van der Waals surface area contributed by atoms with Gasteiger partial charge in [0.15, 0.2) is 0 Å². The fourth-order valence-electron chi connectivity index (χ4n) is 1.07. The van der Waals surface area contributed by atoms with Gasteiger partial charge in [0.25, 0.3) is 0 Å². The van der Waals surface area contributed by atoms with Crippen molar-refractivity contribution >= 4 is 0 Å². The molecule has 0 aliphatic rings. The number of aromatic nitrogens is 1. The van der Waals surface area contributed by atoms with Gasteiger partial charge in [-0.1, -0.05) is 5.16 Å². The minimum absolute atomic E-state index is 0.416. The van der Waals surface area contributed by atoms with Crippen molar-refractivity contribution in [2.24, 2.45) is 0 Å². The van der Waals surface area contributed by atoms with Gasteiger partial charge < -0.3 is 4.52 Å². The Labute approximate surface area is 72.8 Å². The summed E-state index contributed by atoms with van der Waals surface area (Å²) >= 11 is 0. The molecule has 0 saturated heterocycles. The molecular weight excluding hydrogens is 176 g/mol. The topological polar surface area (TPSA) is 26.0 Å². The van der Waals surface area contributed by atoms with E-state index in [9.17, 15) is 8.78 Å². The maximum Gasteiger partial charge on any atom is 0.131 e. The lowest BCUT2D eigenvalue weighted by atomic mass is 10.1. The average molecular weight is 181 g/mol. The Morgan fingerprint density at radius 1 is 1.00 bits per heavy atom. The van der Waals surface area contributed by atoms with Crippen molar-refractivity contribution < 1.29 is 13.3 Å². The van der Waals surface area contributed by atoms with E-state index in [1.165, 1.54) is 24.6 Å². The zero-order valence-corrected chi connectivity index (χ0v) is 6.50. The highest BCUT2D eigenvalue weighted by Crippen LogP contribution is 2.20. The van der Waals surface area contributed by atoms with Crippen LogP contribution in [0.2, 0.25) is 0 Å². The summed E-state index contributed by atoms with van der Waals surface area (Å²) in [5.74, 6) is -1.23. The summed E-state index contributed by atoms with van der Waals surface area (Å²) in [5, 5.41) is 3.44. The second-order valence-corrected chi connectivity index (χ2v) is 2.57. The van der Waals surface area contributed by atoms with Crippen LogP contribution in [0, 0.1) is 11.6 Å². The first-order valence-corrected chi connectivity index (χ1v) is 3.61. The Kier molecular flexibility index (Phi) is 1.81. The summed E-state index contributed by atoms with van der Waals surface area (Å²) in [7, 11) is 0. The summed E-state index contributed by atoms with van der Waals surface area (Å²) in [5.41, 5.74) is 0.970. The number of nitrogens with zero attached hydrogens (tertiary/aromatic N) is 1. The van der Waals surface area contributed by atoms with Gasteiger partial charge in [-0.2, -0.15) is 0 Å². The Bertz CT molecular complexity index is 391. The molecule has 1 heterocycles. The highest BCUT2D eigenvalue weighted by Gasteiger charge is 2.04. The molecule has 0 atom stereocenters. The van der Waals surface area contributed by atoms with Crippen LogP contribution in [-0.4, -0.2) is 5.16 Å². The molecule has 2 nitrogen and oxygen atoms in total. The first-order chi connectivity index (χ1) is 6.25. The van der Waals surface area contributed by atoms with Crippen LogP contribution in [0.25, 0.3) is 11.1 Å². The SMILES string of the molecule is Fc1cc(F)cc(-c2cnoc2)c1. The average Bonchev–Trinajstić information content (AvgIpc) is 2.53. The summed E-state index contributed by atoms with van der Waals surface area (Å²) < 4.78 is 30.0. The molecule has 2 aromatic rings. The number of hydrogen-bond donors (Lipinski definition) is 0. The largest absolute Gasteiger partial charge is 0.364 e. The van der Waals surface area contributed by atoms with Crippen LogP contribution in [0.15, 0.2) is 35.2 Å². The minimum Gasteiger partial charge on any atom is -0.364 e. The second-order valence-electron chi connectivity index (χ2n) is 2.57. The molecule has 1 aromatic carbocycles. The maximum absolute atomic E-state index is 12.7. The van der Waals surface area contributed by atoms with Crippen LogP contribution in [0.4, 0.5) is 8.78 Å². The van der Waals surface area contributed by atoms with Crippen LogP contribution >= 0.6 is 0 Å². The zero-order valence-electron chi connectivity index (χ0n) is 6.50. The third-order valence-electron chi connectivity index (χ3n) is 1.63. The van der Waals surface area contributed by atoms with Gasteiger partial charge in [0, 0.05) is 11.6 Å². The molecule has 0 bridgehead atoms. The second kappa shape index (κ2) is 2.97. The van der Waals surface area contributed by atoms with E-state index in [2.05, 4.69) is 9.68 Å². The van der Waals surface area contributed by atoms with Gasteiger partial charge in [-0.3, -0.25) is 0 Å². The van der Waals surface area contributed by atoms with Crippen LogP contribution in [0.3, 0.4) is 0 Å². The molecule has 4 heteroatoms. The lowest BCUT2D eigenvalue weighted by molar-refractivity contribution is 0.420. The molecule has 0 radical (unpaired) electrons. The molecule has 0 spiro atoms. The predicted octanol–water partition coefficient (Wildman–Crippen LogP) is 2.62. The van der Waals surface area contributed by atoms with Gasteiger partial charge in [-0.15, -0.1) is 0 Å². The molecule has 13 heavy (non-hydrogen) atoms. The van der Waals surface area contributed by atoms with E-state index >= 15 is 0 Å². The Morgan fingerprint density at radius 2 is 1.69 bits per heavy atom. The third-order valence-corrected chi connectivity index (χ3v) is 1.63. The molecule has 2 rings (SSSR count). The van der Waals surface area contributed by atoms with Crippen molar-refractivity contribution in [1.29, 1.82) is 0 Å². The molecule has 0 saturated carbocycles. The Hall–Kier alpha value is -1.71. The van der Waals surface area contributed by atoms with E-state index in [1.54, 1.807) is 0 Å². The fourth-order valence-corrected chi connectivity index (χ4v) is 1.07. The van der Waals surface area contributed by atoms with Crippen molar-refractivity contribution in [1.82, 2.24) is 5.16 Å². The standard InChI is InChI=1S/C9H5F2NO/c10-8-1-6(2-9(11)3-8)7-4-12-13-5-7/h1-5H. The number of hydrogen-bond acceptors (Lipinski definition) is 2. The van der Waals surface area contributed by atoms with E-state index in [4.69, 9.17) is 0 Å². The van der Waals surface area contributed by atoms with Gasteiger partial charge >= 0.3 is 0 Å². The molecule has 1 aromatic heterocycles. The maximum atomic E-state index is 12.7. The minimum atomic E-state index is -0.615. The molecule has 0 aliphatic carbocycles. The first-order valence-electron chi connectivity index (χ1n) is 3.61. The molecule has 0 fully saturated rings. The number of benzene rings is 1. The van der Waals surface area contributed by atoms with Crippen molar-refractivity contribution in [2.75, 3.05) is 0 Å². The number of halogens is 2. The van der Waals surface area contributed by atoms with Gasteiger partial charge in [-0.25, -0.2) is 8.78 Å². The first kappa shape index (κ1) is 7.91. The molecule has 0 N–H and O–H groups in total. The Morgan fingerprint density at radius 3 is 2.23 bits per heavy atom. The predicted molar refractivity (Wildman–Crippen MR) is 41.9 cm³/mol. The van der Waals surface area contributed by atoms with Gasteiger partial charge in [0.05, 0.1) is 6.20 Å². The quantitative estimate of drug-likeness (QED) is 0.675. The molecule has 0 amide bonds. The normalized spacial score (nSPS) is 10.3. The van der Waals surface area contributed by atoms with Crippen LogP contribution in [0.1, 0.15) is 0 Å². The monoisotopic (exact) mass is 181 g/mol.